The Morgan fingerprint density at radius 1 is 1.00 bits per heavy atom. The van der Waals surface area contributed by atoms with E-state index in [2.05, 4.69) is 34.9 Å². The molecule has 10 heteroatoms. The van der Waals surface area contributed by atoms with E-state index in [-0.39, 0.29) is 0 Å². The Bertz CT molecular complexity index is 1150. The lowest BCUT2D eigenvalue weighted by Gasteiger charge is -2.15. The van der Waals surface area contributed by atoms with Crippen molar-refractivity contribution in [2.24, 2.45) is 0 Å². The van der Waals surface area contributed by atoms with Gasteiger partial charge in [0.15, 0.2) is 11.6 Å². The summed E-state index contributed by atoms with van der Waals surface area (Å²) in [6.45, 7) is 8.17. The molecule has 2 heterocycles. The zero-order valence-corrected chi connectivity index (χ0v) is 19.8. The van der Waals surface area contributed by atoms with E-state index in [1.54, 1.807) is 16.8 Å². The standard InChI is InChI=1S/C13H20ClN3OSi.C7H6ClN3/c1-19(2,3)7-6-18-9-17-12-8-10(14)4-5-11(12)13(15)16-17;8-4-1-2-5-6(3-4)10-11-7(5)9/h4-5,8H,6-7,9H2,1-3H3,(H2,15,16);1-3H,(H3,9,10,11). The molecule has 0 aliphatic carbocycles. The van der Waals surface area contributed by atoms with Gasteiger partial charge in [-0.2, -0.15) is 10.2 Å². The Morgan fingerprint density at radius 2 is 1.67 bits per heavy atom. The van der Waals surface area contributed by atoms with Crippen LogP contribution in [-0.4, -0.2) is 34.7 Å². The molecule has 2 aromatic carbocycles. The Hall–Kier alpha value is -2.26. The van der Waals surface area contributed by atoms with Gasteiger partial charge >= 0.3 is 0 Å². The van der Waals surface area contributed by atoms with E-state index in [0.717, 1.165) is 34.5 Å². The van der Waals surface area contributed by atoms with Crippen molar-refractivity contribution in [1.82, 2.24) is 20.0 Å². The van der Waals surface area contributed by atoms with E-state index >= 15 is 0 Å². The number of nitrogens with two attached hydrogens (primary N) is 2. The van der Waals surface area contributed by atoms with Gasteiger partial charge in [-0.15, -0.1) is 0 Å². The highest BCUT2D eigenvalue weighted by molar-refractivity contribution is 6.76. The van der Waals surface area contributed by atoms with Gasteiger partial charge in [-0.3, -0.25) is 5.10 Å². The maximum Gasteiger partial charge on any atom is 0.153 e. The van der Waals surface area contributed by atoms with Crippen LogP contribution in [0.15, 0.2) is 36.4 Å². The summed E-state index contributed by atoms with van der Waals surface area (Å²) in [4.78, 5) is 0. The fraction of sp³-hybridized carbons (Fsp3) is 0.300. The van der Waals surface area contributed by atoms with Crippen molar-refractivity contribution in [2.45, 2.75) is 32.4 Å². The predicted octanol–water partition coefficient (Wildman–Crippen LogP) is 5.38. The molecule has 0 spiro atoms. The second-order valence-corrected chi connectivity index (χ2v) is 14.7. The van der Waals surface area contributed by atoms with Crippen LogP contribution in [0.3, 0.4) is 0 Å². The van der Waals surface area contributed by atoms with Crippen molar-refractivity contribution in [2.75, 3.05) is 18.1 Å². The number of ether oxygens (including phenoxy) is 1. The van der Waals surface area contributed by atoms with E-state index in [0.29, 0.717) is 28.4 Å². The Balaban J connectivity index is 0.000000196. The minimum absolute atomic E-state index is 0.415. The molecule has 0 amide bonds. The number of aromatic amines is 1. The molecule has 0 aliphatic heterocycles. The first-order chi connectivity index (χ1) is 14.1. The molecular formula is C20H26Cl2N6OSi. The third-order valence-corrected chi connectivity index (χ3v) is 6.68. The fourth-order valence-electron chi connectivity index (χ4n) is 2.81. The van der Waals surface area contributed by atoms with Crippen LogP contribution in [0.1, 0.15) is 0 Å². The Kier molecular flexibility index (Phi) is 6.92. The smallest absolute Gasteiger partial charge is 0.153 e. The van der Waals surface area contributed by atoms with Gasteiger partial charge in [0.1, 0.15) is 6.73 Å². The molecule has 0 unspecified atom stereocenters. The minimum atomic E-state index is -1.05. The van der Waals surface area contributed by atoms with E-state index < -0.39 is 8.07 Å². The summed E-state index contributed by atoms with van der Waals surface area (Å²) >= 11 is 11.7. The number of anilines is 2. The summed E-state index contributed by atoms with van der Waals surface area (Å²) in [6.07, 6.45) is 0. The van der Waals surface area contributed by atoms with Crippen LogP contribution in [0.5, 0.6) is 0 Å². The molecule has 0 fully saturated rings. The van der Waals surface area contributed by atoms with Crippen molar-refractivity contribution in [3.63, 3.8) is 0 Å². The first-order valence-corrected chi connectivity index (χ1v) is 14.0. The summed E-state index contributed by atoms with van der Waals surface area (Å²) in [5, 5.41) is 14.1. The number of rotatable bonds is 5. The number of nitrogens with one attached hydrogen (secondary N) is 1. The van der Waals surface area contributed by atoms with Crippen LogP contribution in [-0.2, 0) is 11.5 Å². The summed E-state index contributed by atoms with van der Waals surface area (Å²) in [7, 11) is -1.05. The van der Waals surface area contributed by atoms with Gasteiger partial charge in [-0.1, -0.05) is 42.8 Å². The third-order valence-electron chi connectivity index (χ3n) is 4.51. The summed E-state index contributed by atoms with van der Waals surface area (Å²) in [5.74, 6) is 1.03. The molecule has 0 bridgehead atoms. The number of hydrogen-bond acceptors (Lipinski definition) is 5. The minimum Gasteiger partial charge on any atom is -0.382 e. The molecule has 5 N–H and O–H groups in total. The normalized spacial score (nSPS) is 11.6. The van der Waals surface area contributed by atoms with Crippen LogP contribution < -0.4 is 11.5 Å². The van der Waals surface area contributed by atoms with Crippen LogP contribution in [0.25, 0.3) is 21.8 Å². The molecule has 0 atom stereocenters. The molecule has 30 heavy (non-hydrogen) atoms. The molecule has 0 saturated heterocycles. The average molecular weight is 465 g/mol. The molecule has 0 aliphatic rings. The van der Waals surface area contributed by atoms with Crippen molar-refractivity contribution in [3.8, 4) is 0 Å². The van der Waals surface area contributed by atoms with E-state index in [1.807, 2.05) is 24.3 Å². The number of benzene rings is 2. The highest BCUT2D eigenvalue weighted by atomic mass is 35.5. The Labute approximate surface area is 186 Å². The number of nitrogens with zero attached hydrogens (tertiary/aromatic N) is 3. The highest BCUT2D eigenvalue weighted by Gasteiger charge is 2.13. The number of H-pyrrole nitrogens is 1. The van der Waals surface area contributed by atoms with Crippen molar-refractivity contribution in [1.29, 1.82) is 0 Å². The summed E-state index contributed by atoms with van der Waals surface area (Å²) in [5.41, 5.74) is 13.2. The first kappa shape index (κ1) is 22.4. The molecule has 0 saturated carbocycles. The van der Waals surface area contributed by atoms with Crippen molar-refractivity contribution in [3.05, 3.63) is 46.4 Å². The molecule has 7 nitrogen and oxygen atoms in total. The zero-order chi connectivity index (χ0) is 21.9. The lowest BCUT2D eigenvalue weighted by molar-refractivity contribution is 0.0819. The molecule has 4 aromatic rings. The van der Waals surface area contributed by atoms with Gasteiger partial charge in [-0.05, 0) is 42.4 Å². The van der Waals surface area contributed by atoms with Crippen LogP contribution in [0, 0.1) is 0 Å². The van der Waals surface area contributed by atoms with Gasteiger partial charge in [0.25, 0.3) is 0 Å². The van der Waals surface area contributed by atoms with Crippen LogP contribution >= 0.6 is 23.2 Å². The third kappa shape index (κ3) is 5.66. The quantitative estimate of drug-likeness (QED) is 0.271. The first-order valence-electron chi connectivity index (χ1n) is 9.52. The van der Waals surface area contributed by atoms with Crippen LogP contribution in [0.2, 0.25) is 35.7 Å². The van der Waals surface area contributed by atoms with Crippen molar-refractivity contribution < 1.29 is 4.74 Å². The molecule has 2 aromatic heterocycles. The van der Waals surface area contributed by atoms with E-state index in [1.165, 1.54) is 0 Å². The zero-order valence-electron chi connectivity index (χ0n) is 17.2. The average Bonchev–Trinajstić information content (AvgIpc) is 3.18. The molecule has 4 rings (SSSR count). The maximum atomic E-state index is 6.00. The monoisotopic (exact) mass is 464 g/mol. The molecular weight excluding hydrogens is 439 g/mol. The van der Waals surface area contributed by atoms with Crippen LogP contribution in [0.4, 0.5) is 11.6 Å². The van der Waals surface area contributed by atoms with Crippen molar-refractivity contribution >= 4 is 64.7 Å². The SMILES string of the molecule is C[Si](C)(C)CCOCn1nc(N)c2ccc(Cl)cc21.Nc1n[nH]c2cc(Cl)ccc12. The topological polar surface area (TPSA) is 108 Å². The largest absolute Gasteiger partial charge is 0.382 e. The second-order valence-electron chi connectivity index (χ2n) is 8.19. The van der Waals surface area contributed by atoms with Gasteiger partial charge in [0.05, 0.1) is 11.0 Å². The number of halogens is 2. The molecule has 160 valence electrons. The van der Waals surface area contributed by atoms with Gasteiger partial charge in [-0.25, -0.2) is 4.68 Å². The second kappa shape index (κ2) is 9.26. The Morgan fingerprint density at radius 3 is 2.37 bits per heavy atom. The maximum absolute atomic E-state index is 6.00. The van der Waals surface area contributed by atoms with Gasteiger partial charge in [0.2, 0.25) is 0 Å². The highest BCUT2D eigenvalue weighted by Crippen LogP contribution is 2.24. The molecule has 0 radical (unpaired) electrons. The van der Waals surface area contributed by atoms with E-state index in [9.17, 15) is 0 Å². The number of hydrogen-bond donors (Lipinski definition) is 3. The number of nitrogen functional groups attached to an aromatic ring is 2. The lowest BCUT2D eigenvalue weighted by Crippen LogP contribution is -2.22. The fourth-order valence-corrected chi connectivity index (χ4v) is 3.91. The van der Waals surface area contributed by atoms with E-state index in [4.69, 9.17) is 39.4 Å². The van der Waals surface area contributed by atoms with Gasteiger partial charge < -0.3 is 16.2 Å². The number of fused-ring (bicyclic) bond motifs is 2. The van der Waals surface area contributed by atoms with Gasteiger partial charge in [0, 0.05) is 35.5 Å². The summed E-state index contributed by atoms with van der Waals surface area (Å²) in [6, 6.07) is 12.1. The lowest BCUT2D eigenvalue weighted by atomic mass is 10.2. The predicted molar refractivity (Wildman–Crippen MR) is 129 cm³/mol. The summed E-state index contributed by atoms with van der Waals surface area (Å²) < 4.78 is 7.46. The number of aromatic nitrogens is 4.